The number of furan rings is 1. The summed E-state index contributed by atoms with van der Waals surface area (Å²) in [6.45, 7) is 3.77. The molecule has 1 aromatic heterocycles. The number of hydrogen-bond donors (Lipinski definition) is 2. The Hall–Kier alpha value is -3.60. The third-order valence-corrected chi connectivity index (χ3v) is 4.49. The second-order valence-corrected chi connectivity index (χ2v) is 6.94. The lowest BCUT2D eigenvalue weighted by molar-refractivity contribution is 0.0944. The highest BCUT2D eigenvalue weighted by atomic mass is 16.3. The number of fused-ring (bicyclic) bond motifs is 3. The van der Waals surface area contributed by atoms with E-state index in [0.717, 1.165) is 16.2 Å². The van der Waals surface area contributed by atoms with E-state index in [-0.39, 0.29) is 17.7 Å². The first-order valence-electron chi connectivity index (χ1n) is 9.15. The van der Waals surface area contributed by atoms with Crippen LogP contribution in [0.5, 0.6) is 0 Å². The summed E-state index contributed by atoms with van der Waals surface area (Å²) in [7, 11) is 0. The lowest BCUT2D eigenvalue weighted by Gasteiger charge is -2.12. The van der Waals surface area contributed by atoms with Crippen molar-refractivity contribution < 1.29 is 14.0 Å². The van der Waals surface area contributed by atoms with Crippen molar-refractivity contribution in [3.05, 3.63) is 78.1 Å². The zero-order valence-electron chi connectivity index (χ0n) is 15.7. The second-order valence-electron chi connectivity index (χ2n) is 6.94. The van der Waals surface area contributed by atoms with E-state index in [1.165, 1.54) is 0 Å². The number of nitrogens with one attached hydrogen (secondary N) is 2. The minimum Gasteiger partial charge on any atom is -0.451 e. The number of carbonyl (C=O) groups excluding carboxylic acids is 2. The van der Waals surface area contributed by atoms with Crippen LogP contribution in [0.25, 0.3) is 21.7 Å². The van der Waals surface area contributed by atoms with Crippen molar-refractivity contribution in [2.75, 3.05) is 5.32 Å². The van der Waals surface area contributed by atoms with Crippen LogP contribution in [0.2, 0.25) is 0 Å². The molecule has 0 bridgehead atoms. The molecule has 0 atom stereocenters. The first kappa shape index (κ1) is 17.8. The van der Waals surface area contributed by atoms with Gasteiger partial charge in [-0.1, -0.05) is 42.5 Å². The number of carbonyl (C=O) groups is 2. The molecule has 0 fully saturated rings. The van der Waals surface area contributed by atoms with E-state index in [9.17, 15) is 9.59 Å². The van der Waals surface area contributed by atoms with Crippen LogP contribution in [-0.4, -0.2) is 17.9 Å². The monoisotopic (exact) mass is 372 g/mol. The van der Waals surface area contributed by atoms with Crippen LogP contribution in [0.3, 0.4) is 0 Å². The van der Waals surface area contributed by atoms with Gasteiger partial charge in [-0.15, -0.1) is 0 Å². The van der Waals surface area contributed by atoms with Crippen molar-refractivity contribution in [2.45, 2.75) is 19.9 Å². The maximum absolute atomic E-state index is 12.8. The van der Waals surface area contributed by atoms with Crippen molar-refractivity contribution in [1.29, 1.82) is 0 Å². The van der Waals surface area contributed by atoms with E-state index in [1.54, 1.807) is 30.3 Å². The summed E-state index contributed by atoms with van der Waals surface area (Å²) >= 11 is 0. The number of rotatable bonds is 4. The van der Waals surface area contributed by atoms with Gasteiger partial charge < -0.3 is 15.1 Å². The zero-order chi connectivity index (χ0) is 19.7. The molecule has 2 amide bonds. The summed E-state index contributed by atoms with van der Waals surface area (Å²) in [5.74, 6) is -0.433. The molecule has 0 saturated carbocycles. The van der Waals surface area contributed by atoms with E-state index in [1.807, 2.05) is 50.2 Å². The topological polar surface area (TPSA) is 71.3 Å². The van der Waals surface area contributed by atoms with Crippen LogP contribution in [-0.2, 0) is 0 Å². The van der Waals surface area contributed by atoms with Gasteiger partial charge in [0.05, 0.1) is 11.3 Å². The van der Waals surface area contributed by atoms with Gasteiger partial charge in [0.1, 0.15) is 5.58 Å². The molecule has 0 aliphatic carbocycles. The fourth-order valence-corrected chi connectivity index (χ4v) is 3.22. The molecule has 5 nitrogen and oxygen atoms in total. The van der Waals surface area contributed by atoms with Crippen LogP contribution >= 0.6 is 0 Å². The van der Waals surface area contributed by atoms with Gasteiger partial charge in [-0.2, -0.15) is 0 Å². The van der Waals surface area contributed by atoms with Gasteiger partial charge in [0.25, 0.3) is 11.8 Å². The molecule has 3 aromatic carbocycles. The molecule has 0 saturated heterocycles. The summed E-state index contributed by atoms with van der Waals surface area (Å²) < 4.78 is 5.76. The minimum absolute atomic E-state index is 0.0000818. The Kier molecular flexibility index (Phi) is 4.57. The molecule has 0 unspecified atom stereocenters. The highest BCUT2D eigenvalue weighted by Crippen LogP contribution is 2.28. The predicted octanol–water partition coefficient (Wildman–Crippen LogP) is 4.98. The van der Waals surface area contributed by atoms with Crippen LogP contribution in [0.1, 0.15) is 34.8 Å². The van der Waals surface area contributed by atoms with Crippen molar-refractivity contribution in [3.8, 4) is 0 Å². The fourth-order valence-electron chi connectivity index (χ4n) is 3.22. The summed E-state index contributed by atoms with van der Waals surface area (Å²) in [5.41, 5.74) is 1.50. The molecule has 140 valence electrons. The smallest absolute Gasteiger partial charge is 0.291 e. The lowest BCUT2D eigenvalue weighted by atomic mass is 10.1. The van der Waals surface area contributed by atoms with E-state index in [4.69, 9.17) is 4.42 Å². The predicted molar refractivity (Wildman–Crippen MR) is 111 cm³/mol. The van der Waals surface area contributed by atoms with Crippen molar-refractivity contribution in [3.63, 3.8) is 0 Å². The van der Waals surface area contributed by atoms with Gasteiger partial charge in [0.15, 0.2) is 5.76 Å². The van der Waals surface area contributed by atoms with Crippen molar-refractivity contribution in [1.82, 2.24) is 5.32 Å². The number of amides is 2. The normalized spacial score (nSPS) is 11.1. The highest BCUT2D eigenvalue weighted by molar-refractivity contribution is 6.12. The van der Waals surface area contributed by atoms with Gasteiger partial charge in [-0.05, 0) is 48.9 Å². The molecule has 0 aliphatic heterocycles. The minimum atomic E-state index is -0.398. The maximum Gasteiger partial charge on any atom is 0.291 e. The lowest BCUT2D eigenvalue weighted by Crippen LogP contribution is -2.31. The summed E-state index contributed by atoms with van der Waals surface area (Å²) in [6.07, 6.45) is 0. The van der Waals surface area contributed by atoms with Gasteiger partial charge in [-0.3, -0.25) is 9.59 Å². The van der Waals surface area contributed by atoms with Crippen LogP contribution in [0.4, 0.5) is 5.69 Å². The third kappa shape index (κ3) is 3.34. The Balaban J connectivity index is 1.66. The zero-order valence-corrected chi connectivity index (χ0v) is 15.7. The highest BCUT2D eigenvalue weighted by Gasteiger charge is 2.18. The average Bonchev–Trinajstić information content (AvgIpc) is 3.13. The van der Waals surface area contributed by atoms with Crippen molar-refractivity contribution in [2.24, 2.45) is 0 Å². The summed E-state index contributed by atoms with van der Waals surface area (Å²) in [6, 6.07) is 20.4. The molecule has 5 heteroatoms. The van der Waals surface area contributed by atoms with Crippen LogP contribution < -0.4 is 10.6 Å². The molecular weight excluding hydrogens is 352 g/mol. The standard InChI is InChI=1S/C23H20N2O3/c1-14(2)24-22(26)17-9-5-6-10-19(17)25-23(27)21-13-18-16-8-4-3-7-15(16)11-12-20(18)28-21/h3-14H,1-2H3,(H,24,26)(H,25,27). The van der Waals surface area contributed by atoms with E-state index in [2.05, 4.69) is 10.6 Å². The van der Waals surface area contributed by atoms with Crippen molar-refractivity contribution >= 4 is 39.2 Å². The molecule has 4 aromatic rings. The number of para-hydroxylation sites is 1. The van der Waals surface area contributed by atoms with E-state index in [0.29, 0.717) is 16.8 Å². The first-order valence-corrected chi connectivity index (χ1v) is 9.15. The van der Waals surface area contributed by atoms with E-state index >= 15 is 0 Å². The van der Waals surface area contributed by atoms with E-state index < -0.39 is 5.91 Å². The third-order valence-electron chi connectivity index (χ3n) is 4.49. The fraction of sp³-hybridized carbons (Fsp3) is 0.130. The summed E-state index contributed by atoms with van der Waals surface area (Å²) in [5, 5.41) is 8.63. The number of hydrogen-bond acceptors (Lipinski definition) is 3. The van der Waals surface area contributed by atoms with Gasteiger partial charge >= 0.3 is 0 Å². The maximum atomic E-state index is 12.8. The molecule has 0 spiro atoms. The Morgan fingerprint density at radius 3 is 2.43 bits per heavy atom. The Morgan fingerprint density at radius 1 is 0.857 bits per heavy atom. The largest absolute Gasteiger partial charge is 0.451 e. The SMILES string of the molecule is CC(C)NC(=O)c1ccccc1NC(=O)c1cc2c(ccc3ccccc32)o1. The first-order chi connectivity index (χ1) is 13.5. The molecule has 2 N–H and O–H groups in total. The molecular formula is C23H20N2O3. The Labute approximate surface area is 162 Å². The quantitative estimate of drug-likeness (QED) is 0.531. The number of anilines is 1. The number of benzene rings is 3. The average molecular weight is 372 g/mol. The molecule has 0 radical (unpaired) electrons. The second kappa shape index (κ2) is 7.19. The van der Waals surface area contributed by atoms with Gasteiger partial charge in [0, 0.05) is 11.4 Å². The molecule has 0 aliphatic rings. The van der Waals surface area contributed by atoms with Crippen LogP contribution in [0, 0.1) is 0 Å². The molecule has 1 heterocycles. The molecule has 4 rings (SSSR count). The Bertz CT molecular complexity index is 1190. The summed E-state index contributed by atoms with van der Waals surface area (Å²) in [4.78, 5) is 25.2. The Morgan fingerprint density at radius 2 is 1.61 bits per heavy atom. The molecule has 28 heavy (non-hydrogen) atoms. The van der Waals surface area contributed by atoms with Gasteiger partial charge in [0.2, 0.25) is 0 Å². The van der Waals surface area contributed by atoms with Gasteiger partial charge in [-0.25, -0.2) is 0 Å². The van der Waals surface area contributed by atoms with Crippen LogP contribution in [0.15, 0.2) is 71.1 Å².